The van der Waals surface area contributed by atoms with Gasteiger partial charge in [0, 0.05) is 43.0 Å². The molecule has 6 heteroatoms. The summed E-state index contributed by atoms with van der Waals surface area (Å²) >= 11 is 1.81. The molecule has 1 aliphatic rings. The molecule has 1 aliphatic heterocycles. The Hall–Kier alpha value is -1.89. The van der Waals surface area contributed by atoms with Gasteiger partial charge in [-0.1, -0.05) is 24.3 Å². The smallest absolute Gasteiger partial charge is 0.191 e. The fourth-order valence-corrected chi connectivity index (χ4v) is 4.12. The average Bonchev–Trinajstić information content (AvgIpc) is 3.07. The van der Waals surface area contributed by atoms with Crippen LogP contribution in [0.25, 0.3) is 0 Å². The van der Waals surface area contributed by atoms with Gasteiger partial charge >= 0.3 is 0 Å². The van der Waals surface area contributed by atoms with Crippen molar-refractivity contribution in [1.29, 1.82) is 0 Å². The highest BCUT2D eigenvalue weighted by Crippen LogP contribution is 2.14. The number of aliphatic imine (C=N–C) groups is 1. The van der Waals surface area contributed by atoms with Crippen molar-refractivity contribution < 1.29 is 4.74 Å². The Balaban J connectivity index is 1.49. The number of aryl methyl sites for hydroxylation is 1. The maximum atomic E-state index is 5.63. The van der Waals surface area contributed by atoms with E-state index in [9.17, 15) is 0 Å². The molecular weight excluding hydrogens is 356 g/mol. The average molecular weight is 387 g/mol. The predicted molar refractivity (Wildman–Crippen MR) is 113 cm³/mol. The summed E-state index contributed by atoms with van der Waals surface area (Å²) in [4.78, 5) is 9.44. The zero-order chi connectivity index (χ0) is 19.1. The van der Waals surface area contributed by atoms with Crippen molar-refractivity contribution in [1.82, 2.24) is 15.5 Å². The van der Waals surface area contributed by atoms with Gasteiger partial charge in [0.1, 0.15) is 0 Å². The Kier molecular flexibility index (Phi) is 7.26. The SMILES string of the molecule is CN=C(NCc1cccc(CN2CCOC(C)C2)c1)NCc1ccc(C)s1. The van der Waals surface area contributed by atoms with Crippen LogP contribution in [0.5, 0.6) is 0 Å². The summed E-state index contributed by atoms with van der Waals surface area (Å²) in [6.07, 6.45) is 0.324. The first-order chi connectivity index (χ1) is 13.1. The van der Waals surface area contributed by atoms with E-state index in [0.29, 0.717) is 6.10 Å². The van der Waals surface area contributed by atoms with E-state index in [2.05, 4.69) is 70.8 Å². The number of benzene rings is 1. The third-order valence-electron chi connectivity index (χ3n) is 4.63. The van der Waals surface area contributed by atoms with Gasteiger partial charge in [0.25, 0.3) is 0 Å². The molecule has 0 aliphatic carbocycles. The van der Waals surface area contributed by atoms with Crippen LogP contribution in [-0.2, 0) is 24.4 Å². The van der Waals surface area contributed by atoms with E-state index in [1.807, 2.05) is 18.4 Å². The van der Waals surface area contributed by atoms with Gasteiger partial charge in [-0.3, -0.25) is 9.89 Å². The van der Waals surface area contributed by atoms with Gasteiger partial charge in [-0.25, -0.2) is 0 Å². The van der Waals surface area contributed by atoms with E-state index in [-0.39, 0.29) is 0 Å². The molecule has 0 bridgehead atoms. The van der Waals surface area contributed by atoms with Crippen LogP contribution in [0, 0.1) is 6.92 Å². The van der Waals surface area contributed by atoms with E-state index in [0.717, 1.165) is 45.3 Å². The van der Waals surface area contributed by atoms with E-state index < -0.39 is 0 Å². The Morgan fingerprint density at radius 2 is 2.04 bits per heavy atom. The molecule has 1 unspecified atom stereocenters. The van der Waals surface area contributed by atoms with Gasteiger partial charge in [-0.05, 0) is 37.1 Å². The number of guanidine groups is 1. The number of ether oxygens (including phenoxy) is 1. The lowest BCUT2D eigenvalue weighted by molar-refractivity contribution is -0.0212. The van der Waals surface area contributed by atoms with Crippen molar-refractivity contribution in [3.05, 3.63) is 57.3 Å². The molecule has 0 spiro atoms. The maximum Gasteiger partial charge on any atom is 0.191 e. The van der Waals surface area contributed by atoms with E-state index in [4.69, 9.17) is 4.74 Å². The molecule has 0 amide bonds. The van der Waals surface area contributed by atoms with E-state index in [1.54, 1.807) is 0 Å². The molecule has 2 N–H and O–H groups in total. The lowest BCUT2D eigenvalue weighted by Gasteiger charge is -2.31. The predicted octanol–water partition coefficient (Wildman–Crippen LogP) is 3.14. The second-order valence-corrected chi connectivity index (χ2v) is 8.40. The summed E-state index contributed by atoms with van der Waals surface area (Å²) in [7, 11) is 1.81. The number of rotatable bonds is 6. The Bertz CT molecular complexity index is 758. The Labute approximate surface area is 166 Å². The van der Waals surface area contributed by atoms with Crippen LogP contribution in [0.3, 0.4) is 0 Å². The molecule has 1 fully saturated rings. The topological polar surface area (TPSA) is 48.9 Å². The fraction of sp³-hybridized carbons (Fsp3) is 0.476. The van der Waals surface area contributed by atoms with Gasteiger partial charge < -0.3 is 15.4 Å². The molecule has 0 radical (unpaired) electrons. The zero-order valence-electron chi connectivity index (χ0n) is 16.5. The highest BCUT2D eigenvalue weighted by Gasteiger charge is 2.16. The van der Waals surface area contributed by atoms with Crippen LogP contribution in [0.2, 0.25) is 0 Å². The molecule has 146 valence electrons. The van der Waals surface area contributed by atoms with Crippen molar-refractivity contribution in [2.24, 2.45) is 4.99 Å². The highest BCUT2D eigenvalue weighted by atomic mass is 32.1. The van der Waals surface area contributed by atoms with Gasteiger partial charge in [0.05, 0.1) is 19.3 Å². The van der Waals surface area contributed by atoms with Crippen LogP contribution >= 0.6 is 11.3 Å². The van der Waals surface area contributed by atoms with Crippen molar-refractivity contribution in [2.75, 3.05) is 26.7 Å². The first kappa shape index (κ1) is 19.9. The number of thiophene rings is 1. The standard InChI is InChI=1S/C21H30N4OS/c1-16-14-25(9-10-26-16)15-19-6-4-5-18(11-19)12-23-21(22-3)24-13-20-8-7-17(2)27-20/h4-8,11,16H,9-10,12-15H2,1-3H3,(H2,22,23,24). The second kappa shape index (κ2) is 9.88. The molecule has 1 aromatic heterocycles. The van der Waals surface area contributed by atoms with Gasteiger partial charge in [-0.2, -0.15) is 0 Å². The lowest BCUT2D eigenvalue weighted by Crippen LogP contribution is -2.40. The minimum Gasteiger partial charge on any atom is -0.376 e. The molecule has 1 atom stereocenters. The Morgan fingerprint density at radius 1 is 1.22 bits per heavy atom. The van der Waals surface area contributed by atoms with Crippen LogP contribution in [-0.4, -0.2) is 43.7 Å². The van der Waals surface area contributed by atoms with Gasteiger partial charge in [-0.15, -0.1) is 11.3 Å². The van der Waals surface area contributed by atoms with Crippen LogP contribution in [0.15, 0.2) is 41.4 Å². The number of hydrogen-bond donors (Lipinski definition) is 2. The normalized spacial score (nSPS) is 18.5. The Morgan fingerprint density at radius 3 is 2.78 bits per heavy atom. The molecule has 1 aromatic carbocycles. The first-order valence-electron chi connectivity index (χ1n) is 9.54. The van der Waals surface area contributed by atoms with Crippen LogP contribution < -0.4 is 10.6 Å². The summed E-state index contributed by atoms with van der Waals surface area (Å²) in [5, 5.41) is 6.79. The summed E-state index contributed by atoms with van der Waals surface area (Å²) in [6.45, 7) is 9.64. The zero-order valence-corrected chi connectivity index (χ0v) is 17.3. The second-order valence-electron chi connectivity index (χ2n) is 7.03. The van der Waals surface area contributed by atoms with Crippen molar-refractivity contribution in [2.45, 2.75) is 39.6 Å². The minimum absolute atomic E-state index is 0.324. The van der Waals surface area contributed by atoms with Crippen molar-refractivity contribution in [3.8, 4) is 0 Å². The van der Waals surface area contributed by atoms with Crippen molar-refractivity contribution >= 4 is 17.3 Å². The number of nitrogens with zero attached hydrogens (tertiary/aromatic N) is 2. The van der Waals surface area contributed by atoms with Gasteiger partial charge in [0.15, 0.2) is 5.96 Å². The quantitative estimate of drug-likeness (QED) is 0.592. The minimum atomic E-state index is 0.324. The summed E-state index contributed by atoms with van der Waals surface area (Å²) < 4.78 is 5.63. The molecule has 5 nitrogen and oxygen atoms in total. The summed E-state index contributed by atoms with van der Waals surface area (Å²) in [5.74, 6) is 0.827. The van der Waals surface area contributed by atoms with E-state index >= 15 is 0 Å². The molecule has 1 saturated heterocycles. The third kappa shape index (κ3) is 6.34. The first-order valence-corrected chi connectivity index (χ1v) is 10.4. The molecule has 0 saturated carbocycles. The number of hydrogen-bond acceptors (Lipinski definition) is 4. The molecule has 3 rings (SSSR count). The molecular formula is C21H30N4OS. The highest BCUT2D eigenvalue weighted by molar-refractivity contribution is 7.11. The lowest BCUT2D eigenvalue weighted by atomic mass is 10.1. The molecule has 27 heavy (non-hydrogen) atoms. The van der Waals surface area contributed by atoms with E-state index in [1.165, 1.54) is 20.9 Å². The monoisotopic (exact) mass is 386 g/mol. The van der Waals surface area contributed by atoms with Crippen LogP contribution in [0.1, 0.15) is 27.8 Å². The summed E-state index contributed by atoms with van der Waals surface area (Å²) in [5.41, 5.74) is 2.61. The summed E-state index contributed by atoms with van der Waals surface area (Å²) in [6, 6.07) is 13.1. The number of morpholine rings is 1. The van der Waals surface area contributed by atoms with Crippen LogP contribution in [0.4, 0.5) is 0 Å². The largest absolute Gasteiger partial charge is 0.376 e. The molecule has 2 heterocycles. The molecule has 2 aromatic rings. The third-order valence-corrected chi connectivity index (χ3v) is 5.63. The maximum absolute atomic E-state index is 5.63. The number of nitrogens with one attached hydrogen (secondary N) is 2. The van der Waals surface area contributed by atoms with Gasteiger partial charge in [0.2, 0.25) is 0 Å². The fourth-order valence-electron chi connectivity index (χ4n) is 3.29. The van der Waals surface area contributed by atoms with Crippen molar-refractivity contribution in [3.63, 3.8) is 0 Å².